The summed E-state index contributed by atoms with van der Waals surface area (Å²) in [7, 11) is 0. The number of non-ortho nitro benzene ring substituents is 1. The van der Waals surface area contributed by atoms with Crippen LogP contribution in [0.2, 0.25) is 0 Å². The lowest BCUT2D eigenvalue weighted by Gasteiger charge is -2.10. The van der Waals surface area contributed by atoms with Gasteiger partial charge in [-0.2, -0.15) is 0 Å². The highest BCUT2D eigenvalue weighted by Crippen LogP contribution is 2.26. The normalized spacial score (nSPS) is 11.1. The number of ether oxygens (including phenoxy) is 1. The molecule has 6 heteroatoms. The minimum Gasteiger partial charge on any atom is -0.488 e. The van der Waals surface area contributed by atoms with Crippen LogP contribution in [-0.4, -0.2) is 16.0 Å². The van der Waals surface area contributed by atoms with Gasteiger partial charge in [0.15, 0.2) is 0 Å². The smallest absolute Gasteiger partial charge is 0.336 e. The molecule has 0 unspecified atom stereocenters. The summed E-state index contributed by atoms with van der Waals surface area (Å²) in [6.07, 6.45) is 1.57. The number of nitro benzene ring substituents is 1. The molecule has 0 aromatic heterocycles. The second-order valence-corrected chi connectivity index (χ2v) is 5.98. The molecule has 0 bridgehead atoms. The van der Waals surface area contributed by atoms with Gasteiger partial charge in [-0.15, -0.1) is 0 Å². The average Bonchev–Trinajstić information content (AvgIpc) is 2.72. The summed E-state index contributed by atoms with van der Waals surface area (Å²) in [6, 6.07) is 22.1. The molecule has 0 saturated carbocycles. The zero-order valence-corrected chi connectivity index (χ0v) is 14.8. The first-order chi connectivity index (χ1) is 13.5. The largest absolute Gasteiger partial charge is 0.488 e. The molecular formula is C22H17NO5. The monoisotopic (exact) mass is 375 g/mol. The van der Waals surface area contributed by atoms with Crippen molar-refractivity contribution in [1.82, 2.24) is 0 Å². The Morgan fingerprint density at radius 2 is 1.61 bits per heavy atom. The highest BCUT2D eigenvalue weighted by atomic mass is 16.6. The summed E-state index contributed by atoms with van der Waals surface area (Å²) in [6.45, 7) is 0.205. The van der Waals surface area contributed by atoms with Crippen LogP contribution in [0.1, 0.15) is 16.7 Å². The average molecular weight is 375 g/mol. The SMILES string of the molecule is O=C(O)/C(=C\c1ccccc1OCc1ccc([N+](=O)[O-])cc1)c1ccccc1. The van der Waals surface area contributed by atoms with E-state index in [4.69, 9.17) is 4.74 Å². The first-order valence-electron chi connectivity index (χ1n) is 8.50. The maximum absolute atomic E-state index is 11.7. The minimum absolute atomic E-state index is 0.0149. The number of benzene rings is 3. The molecule has 0 spiro atoms. The molecule has 0 atom stereocenters. The van der Waals surface area contributed by atoms with Crippen LogP contribution in [-0.2, 0) is 11.4 Å². The van der Waals surface area contributed by atoms with Gasteiger partial charge in [-0.05, 0) is 35.4 Å². The molecule has 3 aromatic carbocycles. The van der Waals surface area contributed by atoms with Gasteiger partial charge in [0.05, 0.1) is 10.5 Å². The van der Waals surface area contributed by atoms with E-state index in [1.54, 1.807) is 66.7 Å². The van der Waals surface area contributed by atoms with E-state index < -0.39 is 10.9 Å². The van der Waals surface area contributed by atoms with E-state index in [1.165, 1.54) is 12.1 Å². The van der Waals surface area contributed by atoms with Gasteiger partial charge in [-0.3, -0.25) is 10.1 Å². The predicted octanol–water partition coefficient (Wildman–Crippen LogP) is 4.80. The zero-order valence-electron chi connectivity index (χ0n) is 14.8. The van der Waals surface area contributed by atoms with Gasteiger partial charge in [0.2, 0.25) is 0 Å². The molecule has 0 aliphatic rings. The second-order valence-electron chi connectivity index (χ2n) is 5.98. The van der Waals surface area contributed by atoms with Crippen molar-refractivity contribution in [2.75, 3.05) is 0 Å². The zero-order chi connectivity index (χ0) is 19.9. The van der Waals surface area contributed by atoms with Gasteiger partial charge >= 0.3 is 5.97 Å². The second kappa shape index (κ2) is 8.64. The van der Waals surface area contributed by atoms with Crippen molar-refractivity contribution in [3.8, 4) is 5.75 Å². The van der Waals surface area contributed by atoms with Crippen molar-refractivity contribution in [3.63, 3.8) is 0 Å². The lowest BCUT2D eigenvalue weighted by molar-refractivity contribution is -0.384. The molecule has 0 radical (unpaired) electrons. The molecular weight excluding hydrogens is 358 g/mol. The van der Waals surface area contributed by atoms with Gasteiger partial charge in [0.1, 0.15) is 12.4 Å². The van der Waals surface area contributed by atoms with Gasteiger partial charge in [0, 0.05) is 17.7 Å². The molecule has 6 nitrogen and oxygen atoms in total. The minimum atomic E-state index is -1.03. The topological polar surface area (TPSA) is 89.7 Å². The molecule has 28 heavy (non-hydrogen) atoms. The van der Waals surface area contributed by atoms with E-state index in [9.17, 15) is 20.0 Å². The molecule has 140 valence electrons. The Morgan fingerprint density at radius 3 is 2.25 bits per heavy atom. The number of carboxylic acids is 1. The van der Waals surface area contributed by atoms with Crippen LogP contribution in [0, 0.1) is 10.1 Å². The van der Waals surface area contributed by atoms with E-state index in [2.05, 4.69) is 0 Å². The lowest BCUT2D eigenvalue weighted by atomic mass is 10.0. The van der Waals surface area contributed by atoms with Gasteiger partial charge in [-0.1, -0.05) is 48.5 Å². The van der Waals surface area contributed by atoms with Crippen LogP contribution < -0.4 is 4.74 Å². The summed E-state index contributed by atoms with van der Waals surface area (Å²) < 4.78 is 5.83. The third-order valence-electron chi connectivity index (χ3n) is 4.08. The third kappa shape index (κ3) is 4.62. The Labute approximate surface area is 161 Å². The van der Waals surface area contributed by atoms with E-state index in [-0.39, 0.29) is 17.9 Å². The summed E-state index contributed by atoms with van der Waals surface area (Å²) in [5, 5.41) is 20.3. The Bertz CT molecular complexity index is 1010. The van der Waals surface area contributed by atoms with E-state index in [1.807, 2.05) is 6.07 Å². The van der Waals surface area contributed by atoms with E-state index >= 15 is 0 Å². The molecule has 0 aliphatic heterocycles. The highest BCUT2D eigenvalue weighted by molar-refractivity contribution is 6.20. The molecule has 0 saturated heterocycles. The number of nitro groups is 1. The van der Waals surface area contributed by atoms with Crippen molar-refractivity contribution >= 4 is 23.3 Å². The molecule has 0 fully saturated rings. The number of para-hydroxylation sites is 1. The Kier molecular flexibility index (Phi) is 5.81. The van der Waals surface area contributed by atoms with E-state index in [0.717, 1.165) is 5.56 Å². The van der Waals surface area contributed by atoms with Crippen LogP contribution in [0.5, 0.6) is 5.75 Å². The molecule has 3 rings (SSSR count). The highest BCUT2D eigenvalue weighted by Gasteiger charge is 2.12. The number of rotatable bonds is 7. The molecule has 0 aliphatic carbocycles. The Morgan fingerprint density at radius 1 is 0.964 bits per heavy atom. The van der Waals surface area contributed by atoms with Gasteiger partial charge < -0.3 is 9.84 Å². The number of carboxylic acid groups (broad SMARTS) is 1. The fraction of sp³-hybridized carbons (Fsp3) is 0.0455. The number of nitrogens with zero attached hydrogens (tertiary/aromatic N) is 1. The van der Waals surface area contributed by atoms with Gasteiger partial charge in [-0.25, -0.2) is 4.79 Å². The van der Waals surface area contributed by atoms with Crippen LogP contribution in [0.4, 0.5) is 5.69 Å². The fourth-order valence-corrected chi connectivity index (χ4v) is 2.65. The van der Waals surface area contributed by atoms with Crippen LogP contribution in [0.15, 0.2) is 78.9 Å². The third-order valence-corrected chi connectivity index (χ3v) is 4.08. The Hall–Kier alpha value is -3.93. The summed E-state index contributed by atoms with van der Waals surface area (Å²) in [4.78, 5) is 22.0. The van der Waals surface area contributed by atoms with Gasteiger partial charge in [0.25, 0.3) is 5.69 Å². The number of aliphatic carboxylic acids is 1. The van der Waals surface area contributed by atoms with Crippen molar-refractivity contribution < 1.29 is 19.6 Å². The number of hydrogen-bond donors (Lipinski definition) is 1. The first-order valence-corrected chi connectivity index (χ1v) is 8.50. The molecule has 0 amide bonds. The van der Waals surface area contributed by atoms with Crippen LogP contribution >= 0.6 is 0 Å². The van der Waals surface area contributed by atoms with Crippen molar-refractivity contribution in [1.29, 1.82) is 0 Å². The van der Waals surface area contributed by atoms with Crippen LogP contribution in [0.3, 0.4) is 0 Å². The van der Waals surface area contributed by atoms with Crippen molar-refractivity contribution in [2.45, 2.75) is 6.61 Å². The molecule has 0 heterocycles. The number of carbonyl (C=O) groups is 1. The predicted molar refractivity (Wildman–Crippen MR) is 106 cm³/mol. The van der Waals surface area contributed by atoms with Crippen LogP contribution in [0.25, 0.3) is 11.6 Å². The Balaban J connectivity index is 1.84. The summed E-state index contributed by atoms with van der Waals surface area (Å²) in [5.74, 6) is -0.507. The van der Waals surface area contributed by atoms with Crippen molar-refractivity contribution in [3.05, 3.63) is 106 Å². The maximum atomic E-state index is 11.7. The maximum Gasteiger partial charge on any atom is 0.336 e. The summed E-state index contributed by atoms with van der Waals surface area (Å²) in [5.41, 5.74) is 2.17. The summed E-state index contributed by atoms with van der Waals surface area (Å²) >= 11 is 0. The standard InChI is InChI=1S/C22H17NO5/c24-22(25)20(17-6-2-1-3-7-17)14-18-8-4-5-9-21(18)28-15-16-10-12-19(13-11-16)23(26)27/h1-14H,15H2,(H,24,25)/b20-14-. The molecule has 3 aromatic rings. The fourth-order valence-electron chi connectivity index (χ4n) is 2.65. The number of hydrogen-bond acceptors (Lipinski definition) is 4. The van der Waals surface area contributed by atoms with Crippen molar-refractivity contribution in [2.24, 2.45) is 0 Å². The molecule has 1 N–H and O–H groups in total. The quantitative estimate of drug-likeness (QED) is 0.277. The lowest BCUT2D eigenvalue weighted by Crippen LogP contribution is -2.01. The van der Waals surface area contributed by atoms with E-state index in [0.29, 0.717) is 16.9 Å². The first kappa shape index (κ1) is 18.8.